The first-order valence-electron chi connectivity index (χ1n) is 7.59. The van der Waals surface area contributed by atoms with Gasteiger partial charge in [0.25, 0.3) is 0 Å². The van der Waals surface area contributed by atoms with E-state index in [1.807, 2.05) is 35.8 Å². The van der Waals surface area contributed by atoms with Crippen LogP contribution in [0.4, 0.5) is 5.13 Å². The summed E-state index contributed by atoms with van der Waals surface area (Å²) in [5.74, 6) is 0.363. The summed E-state index contributed by atoms with van der Waals surface area (Å²) in [4.78, 5) is 16.5. The molecule has 1 N–H and O–H groups in total. The Morgan fingerprint density at radius 3 is 2.88 bits per heavy atom. The maximum absolute atomic E-state index is 12.1. The Kier molecular flexibility index (Phi) is 4.03. The van der Waals surface area contributed by atoms with E-state index in [0.29, 0.717) is 16.1 Å². The summed E-state index contributed by atoms with van der Waals surface area (Å²) in [7, 11) is 0. The van der Waals surface area contributed by atoms with Crippen LogP contribution in [0.15, 0.2) is 35.8 Å². The number of hydrogen-bond acceptors (Lipinski definition) is 5. The summed E-state index contributed by atoms with van der Waals surface area (Å²) < 4.78 is 1.57. The third-order valence-corrected chi connectivity index (χ3v) is 4.76. The second-order valence-electron chi connectivity index (χ2n) is 5.71. The van der Waals surface area contributed by atoms with Crippen molar-refractivity contribution in [1.82, 2.24) is 20.0 Å². The highest BCUT2D eigenvalue weighted by Crippen LogP contribution is 2.38. The molecule has 1 amide bonds. The molecule has 8 heteroatoms. The molecule has 0 bridgehead atoms. The molecule has 1 saturated carbocycles. The first-order chi connectivity index (χ1) is 11.7. The highest BCUT2D eigenvalue weighted by molar-refractivity contribution is 7.14. The van der Waals surface area contributed by atoms with E-state index in [1.165, 1.54) is 11.3 Å². The zero-order valence-electron chi connectivity index (χ0n) is 12.6. The second kappa shape index (κ2) is 6.33. The lowest BCUT2D eigenvalue weighted by molar-refractivity contribution is -0.116. The van der Waals surface area contributed by atoms with Crippen molar-refractivity contribution in [2.45, 2.75) is 25.3 Å². The Hall–Kier alpha value is -2.25. The van der Waals surface area contributed by atoms with Gasteiger partial charge in [-0.1, -0.05) is 28.9 Å². The Bertz CT molecular complexity index is 869. The summed E-state index contributed by atoms with van der Waals surface area (Å²) in [6.45, 7) is 0.135. The topological polar surface area (TPSA) is 72.7 Å². The number of rotatable bonds is 5. The van der Waals surface area contributed by atoms with Gasteiger partial charge >= 0.3 is 0 Å². The van der Waals surface area contributed by atoms with Crippen LogP contribution in [-0.2, 0) is 11.3 Å². The minimum Gasteiger partial charge on any atom is -0.300 e. The van der Waals surface area contributed by atoms with E-state index >= 15 is 0 Å². The lowest BCUT2D eigenvalue weighted by atomic mass is 10.2. The third-order valence-electron chi connectivity index (χ3n) is 3.75. The molecule has 24 heavy (non-hydrogen) atoms. The van der Waals surface area contributed by atoms with Gasteiger partial charge in [0.2, 0.25) is 5.91 Å². The fourth-order valence-corrected chi connectivity index (χ4v) is 3.21. The molecule has 0 aliphatic heterocycles. The first kappa shape index (κ1) is 15.3. The van der Waals surface area contributed by atoms with Gasteiger partial charge < -0.3 is 5.32 Å². The number of aromatic nitrogens is 4. The van der Waals surface area contributed by atoms with Crippen molar-refractivity contribution in [3.63, 3.8) is 0 Å². The van der Waals surface area contributed by atoms with Crippen LogP contribution in [0.25, 0.3) is 11.3 Å². The predicted molar refractivity (Wildman–Crippen MR) is 93.2 cm³/mol. The number of nitrogens with one attached hydrogen (secondary N) is 1. The minimum atomic E-state index is -0.167. The van der Waals surface area contributed by atoms with Gasteiger partial charge in [0.1, 0.15) is 6.54 Å². The second-order valence-corrected chi connectivity index (χ2v) is 7.00. The van der Waals surface area contributed by atoms with E-state index < -0.39 is 0 Å². The molecule has 1 fully saturated rings. The molecule has 2 aromatic heterocycles. The average molecular weight is 360 g/mol. The Labute approximate surface area is 147 Å². The van der Waals surface area contributed by atoms with Crippen LogP contribution in [0, 0.1) is 0 Å². The number of thiazole rings is 1. The number of benzene rings is 1. The predicted octanol–water partition coefficient (Wildman–Crippen LogP) is 3.57. The molecular weight excluding hydrogens is 346 g/mol. The maximum Gasteiger partial charge on any atom is 0.247 e. The quantitative estimate of drug-likeness (QED) is 0.755. The maximum atomic E-state index is 12.1. The van der Waals surface area contributed by atoms with Gasteiger partial charge in [0, 0.05) is 28.1 Å². The molecule has 3 aromatic rings. The van der Waals surface area contributed by atoms with Crippen molar-refractivity contribution in [3.05, 3.63) is 46.6 Å². The summed E-state index contributed by atoms with van der Waals surface area (Å²) in [6, 6.07) is 7.43. The summed E-state index contributed by atoms with van der Waals surface area (Å²) in [6.07, 6.45) is 4.17. The average Bonchev–Trinajstić information content (AvgIpc) is 3.14. The summed E-state index contributed by atoms with van der Waals surface area (Å²) in [5, 5.41) is 14.0. The smallest absolute Gasteiger partial charge is 0.247 e. The van der Waals surface area contributed by atoms with Gasteiger partial charge in [-0.2, -0.15) is 0 Å². The first-order valence-corrected chi connectivity index (χ1v) is 8.84. The molecule has 0 radical (unpaired) electrons. The standard InChI is InChI=1S/C16H14ClN5OS/c17-12-5-3-11(4-6-12)14-9-24-16(18-14)19-15(23)8-22-7-13(20-21-22)10-1-2-10/h3-7,9-10H,1-2,8H2,(H,18,19,23). The normalized spacial score (nSPS) is 13.9. The molecule has 6 nitrogen and oxygen atoms in total. The fraction of sp³-hybridized carbons (Fsp3) is 0.250. The van der Waals surface area contributed by atoms with E-state index in [1.54, 1.807) is 4.68 Å². The highest BCUT2D eigenvalue weighted by Gasteiger charge is 2.26. The number of hydrogen-bond donors (Lipinski definition) is 1. The van der Waals surface area contributed by atoms with E-state index in [9.17, 15) is 4.79 Å². The van der Waals surface area contributed by atoms with Gasteiger partial charge in [-0.3, -0.25) is 4.79 Å². The van der Waals surface area contributed by atoms with Crippen LogP contribution in [0.3, 0.4) is 0 Å². The van der Waals surface area contributed by atoms with Crippen LogP contribution in [-0.4, -0.2) is 25.9 Å². The molecule has 2 heterocycles. The Morgan fingerprint density at radius 2 is 2.12 bits per heavy atom. The molecule has 4 rings (SSSR count). The van der Waals surface area contributed by atoms with Crippen molar-refractivity contribution in [2.24, 2.45) is 0 Å². The molecule has 0 atom stereocenters. The van der Waals surface area contributed by atoms with Crippen LogP contribution in [0.1, 0.15) is 24.5 Å². The van der Waals surface area contributed by atoms with Gasteiger partial charge in [-0.05, 0) is 25.0 Å². The van der Waals surface area contributed by atoms with Crippen molar-refractivity contribution >= 4 is 34.0 Å². The summed E-state index contributed by atoms with van der Waals surface area (Å²) >= 11 is 7.27. The zero-order valence-corrected chi connectivity index (χ0v) is 14.2. The van der Waals surface area contributed by atoms with E-state index in [4.69, 9.17) is 11.6 Å². The van der Waals surface area contributed by atoms with Gasteiger partial charge in [-0.15, -0.1) is 16.4 Å². The number of carbonyl (C=O) groups is 1. The number of carbonyl (C=O) groups excluding carboxylic acids is 1. The molecule has 1 aromatic carbocycles. The number of amides is 1. The summed E-state index contributed by atoms with van der Waals surface area (Å²) in [5.41, 5.74) is 2.74. The van der Waals surface area contributed by atoms with Crippen molar-refractivity contribution in [2.75, 3.05) is 5.32 Å². The van der Waals surface area contributed by atoms with Crippen LogP contribution in [0.5, 0.6) is 0 Å². The van der Waals surface area contributed by atoms with Gasteiger partial charge in [0.05, 0.1) is 11.4 Å². The highest BCUT2D eigenvalue weighted by atomic mass is 35.5. The van der Waals surface area contributed by atoms with Crippen LogP contribution >= 0.6 is 22.9 Å². The van der Waals surface area contributed by atoms with Crippen molar-refractivity contribution in [3.8, 4) is 11.3 Å². The van der Waals surface area contributed by atoms with Crippen LogP contribution < -0.4 is 5.32 Å². The monoisotopic (exact) mass is 359 g/mol. The molecule has 0 saturated heterocycles. The lowest BCUT2D eigenvalue weighted by Gasteiger charge is -2.01. The van der Waals surface area contributed by atoms with Gasteiger partial charge in [-0.25, -0.2) is 9.67 Å². The number of nitrogens with zero attached hydrogens (tertiary/aromatic N) is 4. The SMILES string of the molecule is O=C(Cn1cc(C2CC2)nn1)Nc1nc(-c2ccc(Cl)cc2)cs1. The Morgan fingerprint density at radius 1 is 1.33 bits per heavy atom. The lowest BCUT2D eigenvalue weighted by Crippen LogP contribution is -2.19. The van der Waals surface area contributed by atoms with E-state index in [-0.39, 0.29) is 12.5 Å². The molecule has 1 aliphatic rings. The number of halogens is 1. The molecule has 1 aliphatic carbocycles. The van der Waals surface area contributed by atoms with Gasteiger partial charge in [0.15, 0.2) is 5.13 Å². The molecule has 0 unspecified atom stereocenters. The van der Waals surface area contributed by atoms with Crippen LogP contribution in [0.2, 0.25) is 5.02 Å². The minimum absolute atomic E-state index is 0.135. The Balaban J connectivity index is 1.39. The third kappa shape index (κ3) is 3.47. The molecule has 122 valence electrons. The van der Waals surface area contributed by atoms with Crippen molar-refractivity contribution < 1.29 is 4.79 Å². The van der Waals surface area contributed by atoms with E-state index in [0.717, 1.165) is 29.8 Å². The molecule has 0 spiro atoms. The van der Waals surface area contributed by atoms with E-state index in [2.05, 4.69) is 20.6 Å². The zero-order chi connectivity index (χ0) is 16.5. The fourth-order valence-electron chi connectivity index (χ4n) is 2.35. The molecular formula is C16H14ClN5OS. The largest absolute Gasteiger partial charge is 0.300 e. The number of anilines is 1. The van der Waals surface area contributed by atoms with Crippen molar-refractivity contribution in [1.29, 1.82) is 0 Å².